The lowest BCUT2D eigenvalue weighted by Gasteiger charge is -2.31. The number of carboxylic acid groups (broad SMARTS) is 1. The minimum atomic E-state index is -0.875. The van der Waals surface area contributed by atoms with E-state index in [2.05, 4.69) is 50.3 Å². The van der Waals surface area contributed by atoms with E-state index in [1.54, 1.807) is 0 Å². The molecule has 0 aromatic carbocycles. The van der Waals surface area contributed by atoms with Crippen molar-refractivity contribution < 1.29 is 38.2 Å². The van der Waals surface area contributed by atoms with Gasteiger partial charge in [0, 0.05) is 19.3 Å². The second-order valence-corrected chi connectivity index (χ2v) is 15.9. The number of hydrogen-bond acceptors (Lipinski definition) is 6. The molecule has 0 aliphatic carbocycles. The molecule has 1 N–H and O–H groups in total. The zero-order valence-corrected chi connectivity index (χ0v) is 35.7. The second kappa shape index (κ2) is 37.5. The summed E-state index contributed by atoms with van der Waals surface area (Å²) >= 11 is 0. The second-order valence-electron chi connectivity index (χ2n) is 15.9. The number of carboxylic acids is 1. The molecular weight excluding hydrogens is 679 g/mol. The van der Waals surface area contributed by atoms with E-state index >= 15 is 0 Å². The highest BCUT2D eigenvalue weighted by Crippen LogP contribution is 2.15. The maximum Gasteiger partial charge on any atom is 0.362 e. The monoisotopic (exact) mass is 763 g/mol. The number of unbranched alkanes of at least 4 members (excludes halogenated alkanes) is 19. The first-order valence-electron chi connectivity index (χ1n) is 22.0. The molecule has 2 unspecified atom stereocenters. The molecule has 0 aromatic rings. The van der Waals surface area contributed by atoms with Crippen molar-refractivity contribution in [1.29, 1.82) is 0 Å². The van der Waals surface area contributed by atoms with Crippen LogP contribution in [0.25, 0.3) is 0 Å². The molecule has 314 valence electrons. The molecule has 0 fully saturated rings. The average molecular weight is 763 g/mol. The number of hydrogen-bond donors (Lipinski definition) is 1. The largest absolute Gasteiger partial charge is 0.477 e. The minimum Gasteiger partial charge on any atom is -0.477 e. The number of allylic oxidation sites excluding steroid dienone is 6. The molecule has 8 heteroatoms. The third kappa shape index (κ3) is 35.3. The van der Waals surface area contributed by atoms with Gasteiger partial charge < -0.3 is 23.8 Å². The molecule has 0 bridgehead atoms. The summed E-state index contributed by atoms with van der Waals surface area (Å²) < 4.78 is 17.2. The fourth-order valence-corrected chi connectivity index (χ4v) is 6.40. The molecule has 0 saturated heterocycles. The van der Waals surface area contributed by atoms with Gasteiger partial charge in [0.25, 0.3) is 0 Å². The van der Waals surface area contributed by atoms with Crippen LogP contribution in [0.1, 0.15) is 187 Å². The van der Waals surface area contributed by atoms with Crippen molar-refractivity contribution in [3.05, 3.63) is 36.5 Å². The number of aliphatic carboxylic acids is 1. The Bertz CT molecular complexity index is 984. The van der Waals surface area contributed by atoms with Crippen LogP contribution in [0.3, 0.4) is 0 Å². The number of carbonyl (C=O) groups excluding carboxylic acids is 2. The molecule has 0 aromatic heterocycles. The first-order chi connectivity index (χ1) is 26.1. The van der Waals surface area contributed by atoms with E-state index in [0.29, 0.717) is 19.3 Å². The molecular formula is C46H84NO7+. The first kappa shape index (κ1) is 51.5. The van der Waals surface area contributed by atoms with Gasteiger partial charge in [0.05, 0.1) is 34.4 Å². The highest BCUT2D eigenvalue weighted by atomic mass is 16.6. The van der Waals surface area contributed by atoms with Gasteiger partial charge in [-0.1, -0.05) is 159 Å². The van der Waals surface area contributed by atoms with E-state index in [1.807, 2.05) is 21.1 Å². The Morgan fingerprint density at radius 3 is 1.54 bits per heavy atom. The summed E-state index contributed by atoms with van der Waals surface area (Å²) in [6, 6.07) is -0.612. The lowest BCUT2D eigenvalue weighted by molar-refractivity contribution is -0.887. The van der Waals surface area contributed by atoms with Gasteiger partial charge in [-0.05, 0) is 44.9 Å². The van der Waals surface area contributed by atoms with E-state index in [9.17, 15) is 19.5 Å². The van der Waals surface area contributed by atoms with Crippen LogP contribution < -0.4 is 0 Å². The quantitative estimate of drug-likeness (QED) is 0.0288. The Balaban J connectivity index is 4.23. The van der Waals surface area contributed by atoms with Crippen molar-refractivity contribution in [2.75, 3.05) is 41.0 Å². The number of likely N-dealkylation sites (N-methyl/N-ethyl adjacent to an activating group) is 1. The molecule has 0 aliphatic rings. The predicted molar refractivity (Wildman–Crippen MR) is 225 cm³/mol. The highest BCUT2D eigenvalue weighted by Gasteiger charge is 2.31. The molecule has 0 aliphatic heterocycles. The molecule has 8 nitrogen and oxygen atoms in total. The van der Waals surface area contributed by atoms with Gasteiger partial charge >= 0.3 is 17.9 Å². The number of carbonyl (C=O) groups is 3. The van der Waals surface area contributed by atoms with Crippen LogP contribution in [-0.4, -0.2) is 80.6 Å². The Hall–Kier alpha value is -2.45. The summed E-state index contributed by atoms with van der Waals surface area (Å²) in [6.07, 6.45) is 41.9. The van der Waals surface area contributed by atoms with Crippen molar-refractivity contribution in [2.24, 2.45) is 0 Å². The number of quaternary nitrogens is 1. The molecule has 2 atom stereocenters. The lowest BCUT2D eigenvalue weighted by Crippen LogP contribution is -2.50. The van der Waals surface area contributed by atoms with Crippen molar-refractivity contribution in [1.82, 2.24) is 0 Å². The standard InChI is InChI=1S/C46H83NO7/c1-6-8-10-12-14-16-17-18-19-20-21-22-23-24-25-26-27-29-31-33-35-37-45(49)54-42(40-52-39-38-43(46(50)51)47(3,4)5)41-53-44(48)36-34-32-30-28-15-13-11-9-7-2/h8,10,14,16,18-19,42-43H,6-7,9,11-13,15,17,20-41H2,1-5H3/p+1/b10-8+,16-14+,19-18+. The summed E-state index contributed by atoms with van der Waals surface area (Å²) in [5, 5.41) is 9.60. The number of ether oxygens (including phenoxy) is 3. The van der Waals surface area contributed by atoms with Gasteiger partial charge in [0.2, 0.25) is 0 Å². The molecule has 0 rings (SSSR count). The van der Waals surface area contributed by atoms with Crippen LogP contribution in [0, 0.1) is 0 Å². The van der Waals surface area contributed by atoms with Gasteiger partial charge in [-0.2, -0.15) is 0 Å². The molecule has 0 saturated carbocycles. The smallest absolute Gasteiger partial charge is 0.362 e. The van der Waals surface area contributed by atoms with E-state index in [-0.39, 0.29) is 36.2 Å². The Kier molecular flexibility index (Phi) is 35.8. The molecule has 0 radical (unpaired) electrons. The predicted octanol–water partition coefficient (Wildman–Crippen LogP) is 11.9. The zero-order valence-electron chi connectivity index (χ0n) is 35.7. The average Bonchev–Trinajstić information content (AvgIpc) is 3.12. The van der Waals surface area contributed by atoms with Gasteiger partial charge in [-0.15, -0.1) is 0 Å². The fourth-order valence-electron chi connectivity index (χ4n) is 6.40. The Morgan fingerprint density at radius 1 is 0.574 bits per heavy atom. The first-order valence-corrected chi connectivity index (χ1v) is 22.0. The normalized spacial score (nSPS) is 13.3. The summed E-state index contributed by atoms with van der Waals surface area (Å²) in [6.45, 7) is 4.61. The maximum atomic E-state index is 12.7. The molecule has 0 spiro atoms. The van der Waals surface area contributed by atoms with Crippen molar-refractivity contribution in [3.8, 4) is 0 Å². The zero-order chi connectivity index (χ0) is 40.0. The third-order valence-corrected chi connectivity index (χ3v) is 9.80. The van der Waals surface area contributed by atoms with E-state index in [0.717, 1.165) is 57.8 Å². The van der Waals surface area contributed by atoms with Crippen molar-refractivity contribution in [3.63, 3.8) is 0 Å². The third-order valence-electron chi connectivity index (χ3n) is 9.80. The SMILES string of the molecule is CC/C=C/C/C=C/C/C=C/CCCCCCCCCCCCCC(=O)OC(COCCC(C(=O)O)[N+](C)(C)C)COC(=O)CCCCCCCCCCC. The van der Waals surface area contributed by atoms with Crippen LogP contribution in [0.2, 0.25) is 0 Å². The van der Waals surface area contributed by atoms with Crippen molar-refractivity contribution >= 4 is 17.9 Å². The Morgan fingerprint density at radius 2 is 1.04 bits per heavy atom. The van der Waals surface area contributed by atoms with Gasteiger partial charge in [-0.25, -0.2) is 4.79 Å². The van der Waals surface area contributed by atoms with Crippen LogP contribution in [0.4, 0.5) is 0 Å². The van der Waals surface area contributed by atoms with Gasteiger partial charge in [0.15, 0.2) is 12.1 Å². The topological polar surface area (TPSA) is 99.1 Å². The van der Waals surface area contributed by atoms with E-state index < -0.39 is 18.1 Å². The van der Waals surface area contributed by atoms with Gasteiger partial charge in [0.1, 0.15) is 6.61 Å². The number of nitrogens with zero attached hydrogens (tertiary/aromatic N) is 1. The van der Waals surface area contributed by atoms with Crippen LogP contribution in [0.15, 0.2) is 36.5 Å². The van der Waals surface area contributed by atoms with Crippen molar-refractivity contribution in [2.45, 2.75) is 199 Å². The number of rotatable bonds is 39. The summed E-state index contributed by atoms with van der Waals surface area (Å²) in [5.74, 6) is -1.47. The minimum absolute atomic E-state index is 0.0494. The van der Waals surface area contributed by atoms with Crippen LogP contribution in [-0.2, 0) is 28.6 Å². The van der Waals surface area contributed by atoms with Crippen LogP contribution >= 0.6 is 0 Å². The summed E-state index contributed by atoms with van der Waals surface area (Å²) in [4.78, 5) is 36.9. The van der Waals surface area contributed by atoms with Crippen LogP contribution in [0.5, 0.6) is 0 Å². The summed E-state index contributed by atoms with van der Waals surface area (Å²) in [7, 11) is 5.52. The van der Waals surface area contributed by atoms with E-state index in [1.165, 1.54) is 96.3 Å². The lowest BCUT2D eigenvalue weighted by atomic mass is 10.0. The Labute approximate surface area is 332 Å². The van der Waals surface area contributed by atoms with Gasteiger partial charge in [-0.3, -0.25) is 9.59 Å². The summed E-state index contributed by atoms with van der Waals surface area (Å²) in [5.41, 5.74) is 0. The molecule has 54 heavy (non-hydrogen) atoms. The molecule has 0 heterocycles. The van der Waals surface area contributed by atoms with E-state index in [4.69, 9.17) is 14.2 Å². The fraction of sp³-hybridized carbons (Fsp3) is 0.804. The maximum absolute atomic E-state index is 12.7. The number of esters is 2. The highest BCUT2D eigenvalue weighted by molar-refractivity contribution is 5.72. The molecule has 0 amide bonds.